The fourth-order valence-corrected chi connectivity index (χ4v) is 4.00. The third-order valence-electron chi connectivity index (χ3n) is 3.94. The van der Waals surface area contributed by atoms with Crippen molar-refractivity contribution in [2.75, 3.05) is 26.1 Å². The topological polar surface area (TPSA) is 54.9 Å². The Morgan fingerprint density at radius 1 is 1.42 bits per heavy atom. The quantitative estimate of drug-likeness (QED) is 0.406. The van der Waals surface area contributed by atoms with Crippen molar-refractivity contribution in [2.45, 2.75) is 31.2 Å². The third kappa shape index (κ3) is 5.13. The number of nitrogens with zero attached hydrogens (tertiary/aromatic N) is 1. The highest BCUT2D eigenvalue weighted by Gasteiger charge is 2.18. The Balaban J connectivity index is 0.00000208. The van der Waals surface area contributed by atoms with E-state index >= 15 is 0 Å². The highest BCUT2D eigenvalue weighted by molar-refractivity contribution is 14.0. The van der Waals surface area contributed by atoms with Gasteiger partial charge in [0.15, 0.2) is 12.8 Å². The first kappa shape index (κ1) is 19.6. The molecule has 3 rings (SSSR count). The molecule has 0 spiro atoms. The number of nitrogens with one attached hydrogen (secondary N) is 2. The van der Waals surface area contributed by atoms with Crippen LogP contribution in [0.4, 0.5) is 4.39 Å². The average molecular weight is 467 g/mol. The van der Waals surface area contributed by atoms with Crippen LogP contribution >= 0.6 is 35.7 Å². The van der Waals surface area contributed by atoms with Gasteiger partial charge in [-0.1, -0.05) is 0 Å². The minimum atomic E-state index is -0.278. The standard InChI is InChI=1S/C16H22FN3O2S.HI/c1-18-16(20-8-14-3-2-4-23-14)19-7-11-5-13(17)6-12-9-21-10-22-15(11)12;/h5-6,14H,2-4,7-10H2,1H3,(H2,18,19,20);1H. The van der Waals surface area contributed by atoms with Crippen LogP contribution in [0.3, 0.4) is 0 Å². The van der Waals surface area contributed by atoms with Crippen molar-refractivity contribution >= 4 is 41.7 Å². The van der Waals surface area contributed by atoms with E-state index in [2.05, 4.69) is 15.6 Å². The van der Waals surface area contributed by atoms with Crippen LogP contribution in [0.5, 0.6) is 5.75 Å². The molecule has 1 aromatic rings. The summed E-state index contributed by atoms with van der Waals surface area (Å²) in [6.45, 7) is 1.94. The molecular formula is C16H23FIN3O2S. The zero-order chi connectivity index (χ0) is 16.1. The number of thioether (sulfide) groups is 1. The van der Waals surface area contributed by atoms with Crippen LogP contribution in [-0.4, -0.2) is 37.3 Å². The molecule has 8 heteroatoms. The normalized spacial score (nSPS) is 19.9. The minimum absolute atomic E-state index is 0. The number of hydrogen-bond acceptors (Lipinski definition) is 4. The number of aliphatic imine (C=N–C) groups is 1. The monoisotopic (exact) mass is 467 g/mol. The summed E-state index contributed by atoms with van der Waals surface area (Å²) < 4.78 is 24.5. The molecule has 1 atom stereocenters. The molecule has 0 bridgehead atoms. The molecule has 0 amide bonds. The predicted octanol–water partition coefficient (Wildman–Crippen LogP) is 2.87. The Morgan fingerprint density at radius 3 is 3.04 bits per heavy atom. The summed E-state index contributed by atoms with van der Waals surface area (Å²) in [5.74, 6) is 2.40. The van der Waals surface area contributed by atoms with Gasteiger partial charge in [0.25, 0.3) is 0 Å². The zero-order valence-electron chi connectivity index (χ0n) is 13.6. The van der Waals surface area contributed by atoms with Crippen molar-refractivity contribution in [1.29, 1.82) is 0 Å². The van der Waals surface area contributed by atoms with E-state index in [1.54, 1.807) is 7.05 Å². The lowest BCUT2D eigenvalue weighted by atomic mass is 10.1. The Kier molecular flexibility index (Phi) is 7.89. The van der Waals surface area contributed by atoms with Gasteiger partial charge in [-0.3, -0.25) is 4.99 Å². The molecule has 0 aliphatic carbocycles. The van der Waals surface area contributed by atoms with Gasteiger partial charge in [-0.15, -0.1) is 24.0 Å². The Bertz CT molecular complexity index is 583. The van der Waals surface area contributed by atoms with Gasteiger partial charge in [0.1, 0.15) is 11.6 Å². The van der Waals surface area contributed by atoms with Crippen molar-refractivity contribution in [3.05, 3.63) is 29.1 Å². The van der Waals surface area contributed by atoms with Crippen LogP contribution in [0.25, 0.3) is 0 Å². The Hall–Kier alpha value is -0.740. The molecule has 24 heavy (non-hydrogen) atoms. The number of hydrogen-bond donors (Lipinski definition) is 2. The highest BCUT2D eigenvalue weighted by Crippen LogP contribution is 2.29. The first-order valence-corrected chi connectivity index (χ1v) is 8.89. The second kappa shape index (κ2) is 9.67. The van der Waals surface area contributed by atoms with E-state index < -0.39 is 0 Å². The molecule has 1 aromatic carbocycles. The number of fused-ring (bicyclic) bond motifs is 1. The molecule has 2 aliphatic rings. The van der Waals surface area contributed by atoms with E-state index in [0.717, 1.165) is 23.6 Å². The Labute approximate surface area is 163 Å². The molecule has 1 saturated heterocycles. The molecule has 134 valence electrons. The second-order valence-electron chi connectivity index (χ2n) is 5.61. The van der Waals surface area contributed by atoms with Crippen LogP contribution in [0.1, 0.15) is 24.0 Å². The van der Waals surface area contributed by atoms with Gasteiger partial charge in [0.2, 0.25) is 0 Å². The second-order valence-corrected chi connectivity index (χ2v) is 7.01. The van der Waals surface area contributed by atoms with Crippen LogP contribution in [0, 0.1) is 5.82 Å². The van der Waals surface area contributed by atoms with E-state index in [1.807, 2.05) is 11.8 Å². The fourth-order valence-electron chi connectivity index (χ4n) is 2.80. The lowest BCUT2D eigenvalue weighted by Crippen LogP contribution is -2.39. The summed E-state index contributed by atoms with van der Waals surface area (Å²) in [6, 6.07) is 2.96. The van der Waals surface area contributed by atoms with E-state index in [-0.39, 0.29) is 36.6 Å². The summed E-state index contributed by atoms with van der Waals surface area (Å²) in [7, 11) is 1.74. The third-order valence-corrected chi connectivity index (χ3v) is 5.34. The maximum atomic E-state index is 13.7. The number of halogens is 2. The maximum Gasteiger partial charge on any atom is 0.191 e. The molecule has 5 nitrogen and oxygen atoms in total. The van der Waals surface area contributed by atoms with Crippen LogP contribution in [0.2, 0.25) is 0 Å². The highest BCUT2D eigenvalue weighted by atomic mass is 127. The van der Waals surface area contributed by atoms with Gasteiger partial charge in [-0.2, -0.15) is 11.8 Å². The van der Waals surface area contributed by atoms with Gasteiger partial charge in [0.05, 0.1) is 6.61 Å². The van der Waals surface area contributed by atoms with Gasteiger partial charge >= 0.3 is 0 Å². The van der Waals surface area contributed by atoms with E-state index in [1.165, 1.54) is 30.7 Å². The lowest BCUT2D eigenvalue weighted by Gasteiger charge is -2.21. The summed E-state index contributed by atoms with van der Waals surface area (Å²) in [4.78, 5) is 4.22. The fraction of sp³-hybridized carbons (Fsp3) is 0.562. The maximum absolute atomic E-state index is 13.7. The van der Waals surface area contributed by atoms with Crippen LogP contribution in [0.15, 0.2) is 17.1 Å². The van der Waals surface area contributed by atoms with Crippen molar-refractivity contribution in [1.82, 2.24) is 10.6 Å². The van der Waals surface area contributed by atoms with Crippen molar-refractivity contribution in [3.63, 3.8) is 0 Å². The van der Waals surface area contributed by atoms with Crippen molar-refractivity contribution in [2.24, 2.45) is 4.99 Å². The molecule has 0 saturated carbocycles. The van der Waals surface area contributed by atoms with Crippen LogP contribution in [-0.2, 0) is 17.9 Å². The largest absolute Gasteiger partial charge is 0.467 e. The molecule has 2 heterocycles. The SMILES string of the molecule is CN=C(NCc1cc(F)cc2c1OCOC2)NCC1CCCS1.I. The first-order chi connectivity index (χ1) is 11.3. The van der Waals surface area contributed by atoms with Crippen LogP contribution < -0.4 is 15.4 Å². The molecule has 1 fully saturated rings. The minimum Gasteiger partial charge on any atom is -0.467 e. The molecule has 2 N–H and O–H groups in total. The van der Waals surface area contributed by atoms with Crippen molar-refractivity contribution < 1.29 is 13.9 Å². The molecule has 1 unspecified atom stereocenters. The predicted molar refractivity (Wildman–Crippen MR) is 106 cm³/mol. The summed E-state index contributed by atoms with van der Waals surface area (Å²) >= 11 is 2.00. The molecule has 0 aromatic heterocycles. The summed E-state index contributed by atoms with van der Waals surface area (Å²) in [5.41, 5.74) is 1.53. The number of guanidine groups is 1. The summed E-state index contributed by atoms with van der Waals surface area (Å²) in [5, 5.41) is 7.21. The van der Waals surface area contributed by atoms with Crippen molar-refractivity contribution in [3.8, 4) is 5.75 Å². The number of rotatable bonds is 4. The van der Waals surface area contributed by atoms with E-state index in [9.17, 15) is 4.39 Å². The lowest BCUT2D eigenvalue weighted by molar-refractivity contribution is -0.0172. The first-order valence-electron chi connectivity index (χ1n) is 7.84. The molecule has 0 radical (unpaired) electrons. The van der Waals surface area contributed by atoms with Gasteiger partial charge < -0.3 is 20.1 Å². The van der Waals surface area contributed by atoms with E-state index in [0.29, 0.717) is 24.2 Å². The van der Waals surface area contributed by atoms with Gasteiger partial charge in [0, 0.05) is 36.5 Å². The summed E-state index contributed by atoms with van der Waals surface area (Å²) in [6.07, 6.45) is 2.54. The number of benzene rings is 1. The van der Waals surface area contributed by atoms with Gasteiger partial charge in [-0.25, -0.2) is 4.39 Å². The Morgan fingerprint density at radius 2 is 2.29 bits per heavy atom. The van der Waals surface area contributed by atoms with E-state index in [4.69, 9.17) is 9.47 Å². The molecule has 2 aliphatic heterocycles. The van der Waals surface area contributed by atoms with Gasteiger partial charge in [-0.05, 0) is 30.7 Å². The zero-order valence-corrected chi connectivity index (χ0v) is 16.8. The molecular weight excluding hydrogens is 444 g/mol. The smallest absolute Gasteiger partial charge is 0.191 e. The average Bonchev–Trinajstić information content (AvgIpc) is 3.08. The number of ether oxygens (including phenoxy) is 2.